The zero-order chi connectivity index (χ0) is 19.6. The number of rotatable bonds is 11. The van der Waals surface area contributed by atoms with Crippen LogP contribution in [0.4, 0.5) is 0 Å². The van der Waals surface area contributed by atoms with E-state index in [-0.39, 0.29) is 30.0 Å². The second kappa shape index (κ2) is 13.2. The Kier molecular flexibility index (Phi) is 11.8. The predicted molar refractivity (Wildman–Crippen MR) is 127 cm³/mol. The molecular weight excluding hydrogens is 467 g/mol. The quantitative estimate of drug-likeness (QED) is 0.217. The maximum absolute atomic E-state index is 5.77. The van der Waals surface area contributed by atoms with E-state index in [0.29, 0.717) is 6.54 Å². The number of nitrogens with one attached hydrogen (secondary N) is 1. The number of benzene rings is 1. The van der Waals surface area contributed by atoms with Crippen molar-refractivity contribution < 1.29 is 9.47 Å². The first kappa shape index (κ1) is 25.0. The molecule has 0 aromatic heterocycles. The molecule has 0 amide bonds. The van der Waals surface area contributed by atoms with Crippen LogP contribution in [0.3, 0.4) is 0 Å². The summed E-state index contributed by atoms with van der Waals surface area (Å²) in [6.45, 7) is 6.10. The number of aliphatic imine (C=N–C) groups is 1. The number of guanidine groups is 1. The van der Waals surface area contributed by atoms with E-state index in [1.54, 1.807) is 7.11 Å². The van der Waals surface area contributed by atoms with Gasteiger partial charge in [-0.05, 0) is 57.5 Å². The average molecular weight is 504 g/mol. The van der Waals surface area contributed by atoms with E-state index in [2.05, 4.69) is 55.3 Å². The average Bonchev–Trinajstić information content (AvgIpc) is 3.48. The summed E-state index contributed by atoms with van der Waals surface area (Å²) in [5.41, 5.74) is 1.20. The molecule has 7 heteroatoms. The van der Waals surface area contributed by atoms with Crippen molar-refractivity contribution in [3.05, 3.63) is 29.8 Å². The minimum atomic E-state index is 0. The SMILES string of the molecule is CCNC(=NCC(c1cccc(OC)c1)N(C)C)N(C)CCOCC1CC1.I. The number of nitrogens with zero attached hydrogens (tertiary/aromatic N) is 3. The third-order valence-corrected chi connectivity index (χ3v) is 4.83. The molecule has 1 aliphatic carbocycles. The molecule has 2 rings (SSSR count). The third-order valence-electron chi connectivity index (χ3n) is 4.83. The normalized spacial score (nSPS) is 15.1. The Hall–Kier alpha value is -1.06. The van der Waals surface area contributed by atoms with Crippen LogP contribution in [-0.4, -0.2) is 76.9 Å². The number of hydrogen-bond donors (Lipinski definition) is 1. The first-order chi connectivity index (χ1) is 13.0. The molecule has 1 unspecified atom stereocenters. The van der Waals surface area contributed by atoms with E-state index < -0.39 is 0 Å². The van der Waals surface area contributed by atoms with Crippen molar-refractivity contribution >= 4 is 29.9 Å². The largest absolute Gasteiger partial charge is 0.497 e. The molecule has 1 saturated carbocycles. The van der Waals surface area contributed by atoms with E-state index >= 15 is 0 Å². The molecule has 0 radical (unpaired) electrons. The van der Waals surface area contributed by atoms with E-state index in [1.165, 1.54) is 18.4 Å². The molecule has 0 spiro atoms. The van der Waals surface area contributed by atoms with Crippen LogP contribution < -0.4 is 10.1 Å². The monoisotopic (exact) mass is 504 g/mol. The standard InChI is InChI=1S/C21H36N4O2.HI/c1-6-22-21(25(4)12-13-27-16-17-10-11-17)23-15-20(24(2)3)18-8-7-9-19(14-18)26-5;/h7-9,14,17,20H,6,10-13,15-16H2,1-5H3,(H,22,23);1H. The van der Waals surface area contributed by atoms with Gasteiger partial charge in [-0.3, -0.25) is 4.99 Å². The summed E-state index contributed by atoms with van der Waals surface area (Å²) in [7, 11) is 7.94. The maximum atomic E-state index is 5.77. The zero-order valence-corrected chi connectivity index (χ0v) is 20.3. The van der Waals surface area contributed by atoms with Gasteiger partial charge in [-0.25, -0.2) is 0 Å². The second-order valence-corrected chi connectivity index (χ2v) is 7.39. The molecule has 0 bridgehead atoms. The Bertz CT molecular complexity index is 594. The third kappa shape index (κ3) is 8.53. The summed E-state index contributed by atoms with van der Waals surface area (Å²) in [5.74, 6) is 2.60. The van der Waals surface area contributed by atoms with Crippen LogP contribution in [0, 0.1) is 5.92 Å². The van der Waals surface area contributed by atoms with Gasteiger partial charge in [0.25, 0.3) is 0 Å². The van der Waals surface area contributed by atoms with Crippen molar-refractivity contribution in [1.29, 1.82) is 0 Å². The molecule has 0 aliphatic heterocycles. The molecule has 0 saturated heterocycles. The summed E-state index contributed by atoms with van der Waals surface area (Å²) in [4.78, 5) is 9.23. The van der Waals surface area contributed by atoms with Gasteiger partial charge in [-0.1, -0.05) is 12.1 Å². The maximum Gasteiger partial charge on any atom is 0.193 e. The molecule has 1 N–H and O–H groups in total. The molecule has 160 valence electrons. The predicted octanol–water partition coefficient (Wildman–Crippen LogP) is 3.24. The van der Waals surface area contributed by atoms with Gasteiger partial charge in [0, 0.05) is 26.7 Å². The van der Waals surface area contributed by atoms with Crippen molar-refractivity contribution in [1.82, 2.24) is 15.1 Å². The minimum absolute atomic E-state index is 0. The zero-order valence-electron chi connectivity index (χ0n) is 18.0. The lowest BCUT2D eigenvalue weighted by Crippen LogP contribution is -2.41. The van der Waals surface area contributed by atoms with Crippen LogP contribution in [0.15, 0.2) is 29.3 Å². The topological polar surface area (TPSA) is 49.3 Å². The van der Waals surface area contributed by atoms with Crippen molar-refractivity contribution in [3.8, 4) is 5.75 Å². The molecule has 28 heavy (non-hydrogen) atoms. The summed E-state index contributed by atoms with van der Waals surface area (Å²) in [6.07, 6.45) is 2.66. The van der Waals surface area contributed by atoms with Crippen molar-refractivity contribution in [2.45, 2.75) is 25.8 Å². The fraction of sp³-hybridized carbons (Fsp3) is 0.667. The number of likely N-dealkylation sites (N-methyl/N-ethyl adjacent to an activating group) is 2. The number of hydrogen-bond acceptors (Lipinski definition) is 4. The lowest BCUT2D eigenvalue weighted by molar-refractivity contribution is 0.115. The van der Waals surface area contributed by atoms with Crippen molar-refractivity contribution in [2.75, 3.05) is 61.1 Å². The van der Waals surface area contributed by atoms with Crippen LogP contribution in [-0.2, 0) is 4.74 Å². The highest BCUT2D eigenvalue weighted by Gasteiger charge is 2.21. The fourth-order valence-electron chi connectivity index (χ4n) is 2.90. The molecule has 0 heterocycles. The van der Waals surface area contributed by atoms with E-state index in [1.807, 2.05) is 12.1 Å². The number of methoxy groups -OCH3 is 1. The first-order valence-electron chi connectivity index (χ1n) is 9.92. The van der Waals surface area contributed by atoms with Gasteiger partial charge in [0.2, 0.25) is 0 Å². The van der Waals surface area contributed by atoms with Crippen LogP contribution in [0.25, 0.3) is 0 Å². The Morgan fingerprint density at radius 1 is 1.29 bits per heavy atom. The fourth-order valence-corrected chi connectivity index (χ4v) is 2.90. The van der Waals surface area contributed by atoms with Crippen LogP contribution in [0.1, 0.15) is 31.4 Å². The molecule has 1 aromatic rings. The minimum Gasteiger partial charge on any atom is -0.497 e. The van der Waals surface area contributed by atoms with Gasteiger partial charge >= 0.3 is 0 Å². The Morgan fingerprint density at radius 2 is 2.04 bits per heavy atom. The lowest BCUT2D eigenvalue weighted by atomic mass is 10.1. The van der Waals surface area contributed by atoms with Crippen LogP contribution >= 0.6 is 24.0 Å². The molecule has 1 aliphatic rings. The second-order valence-electron chi connectivity index (χ2n) is 7.39. The van der Waals surface area contributed by atoms with Gasteiger partial charge in [-0.2, -0.15) is 0 Å². The van der Waals surface area contributed by atoms with Crippen molar-refractivity contribution in [2.24, 2.45) is 10.9 Å². The van der Waals surface area contributed by atoms with Gasteiger partial charge in [0.15, 0.2) is 5.96 Å². The van der Waals surface area contributed by atoms with Crippen molar-refractivity contribution in [3.63, 3.8) is 0 Å². The highest BCUT2D eigenvalue weighted by molar-refractivity contribution is 14.0. The Labute approximate surface area is 187 Å². The summed E-state index contributed by atoms with van der Waals surface area (Å²) < 4.78 is 11.1. The van der Waals surface area contributed by atoms with Gasteiger partial charge in [0.1, 0.15) is 5.75 Å². The molecule has 1 fully saturated rings. The molecule has 1 atom stereocenters. The van der Waals surface area contributed by atoms with Crippen LogP contribution in [0.5, 0.6) is 5.75 Å². The smallest absolute Gasteiger partial charge is 0.193 e. The lowest BCUT2D eigenvalue weighted by Gasteiger charge is -2.26. The van der Waals surface area contributed by atoms with Gasteiger partial charge in [-0.15, -0.1) is 24.0 Å². The number of ether oxygens (including phenoxy) is 2. The van der Waals surface area contributed by atoms with E-state index in [9.17, 15) is 0 Å². The molecular formula is C21H37IN4O2. The highest BCUT2D eigenvalue weighted by Crippen LogP contribution is 2.28. The van der Waals surface area contributed by atoms with E-state index in [0.717, 1.165) is 43.9 Å². The Morgan fingerprint density at radius 3 is 2.64 bits per heavy atom. The van der Waals surface area contributed by atoms with E-state index in [4.69, 9.17) is 14.5 Å². The highest BCUT2D eigenvalue weighted by atomic mass is 127. The summed E-state index contributed by atoms with van der Waals surface area (Å²) in [6, 6.07) is 8.41. The number of halogens is 1. The molecule has 1 aromatic carbocycles. The first-order valence-corrected chi connectivity index (χ1v) is 9.92. The van der Waals surface area contributed by atoms with Gasteiger partial charge in [0.05, 0.1) is 26.3 Å². The molecule has 6 nitrogen and oxygen atoms in total. The summed E-state index contributed by atoms with van der Waals surface area (Å²) in [5, 5.41) is 3.39. The Balaban J connectivity index is 0.00000392. The van der Waals surface area contributed by atoms with Crippen LogP contribution in [0.2, 0.25) is 0 Å². The summed E-state index contributed by atoms with van der Waals surface area (Å²) >= 11 is 0. The van der Waals surface area contributed by atoms with Gasteiger partial charge < -0.3 is 24.6 Å².